The molecular weight excluding hydrogens is 398 g/mol. The highest BCUT2D eigenvalue weighted by Crippen LogP contribution is 2.32. The summed E-state index contributed by atoms with van der Waals surface area (Å²) in [4.78, 5) is 27.6. The molecule has 1 aromatic heterocycles. The molecule has 9 heteroatoms. The van der Waals surface area contributed by atoms with Crippen molar-refractivity contribution < 1.29 is 19.1 Å². The van der Waals surface area contributed by atoms with Gasteiger partial charge in [0.05, 0.1) is 17.8 Å². The number of aromatic nitrogens is 3. The Morgan fingerprint density at radius 2 is 1.74 bits per heavy atom. The van der Waals surface area contributed by atoms with E-state index in [1.807, 2.05) is 36.4 Å². The van der Waals surface area contributed by atoms with Crippen LogP contribution in [0.1, 0.15) is 28.2 Å². The summed E-state index contributed by atoms with van der Waals surface area (Å²) in [6.07, 6.45) is 0.876. The van der Waals surface area contributed by atoms with Crippen LogP contribution < -0.4 is 9.47 Å². The van der Waals surface area contributed by atoms with Gasteiger partial charge < -0.3 is 9.47 Å². The zero-order valence-electron chi connectivity index (χ0n) is 17.0. The molecule has 0 aliphatic carbocycles. The van der Waals surface area contributed by atoms with E-state index >= 15 is 0 Å². The summed E-state index contributed by atoms with van der Waals surface area (Å²) in [6, 6.07) is 14.8. The molecule has 1 fully saturated rings. The Kier molecular flexibility index (Phi) is 4.78. The Labute approximate surface area is 178 Å². The smallest absolute Gasteiger partial charge is 0.294 e. The number of carbonyl (C=O) groups is 2. The predicted molar refractivity (Wildman–Crippen MR) is 110 cm³/mol. The van der Waals surface area contributed by atoms with E-state index in [0.29, 0.717) is 36.7 Å². The second-order valence-electron chi connectivity index (χ2n) is 7.42. The Morgan fingerprint density at radius 1 is 0.968 bits per heavy atom. The number of aryl methyl sites for hydroxylation is 1. The van der Waals surface area contributed by atoms with Crippen LogP contribution in [0, 0.1) is 6.92 Å². The zero-order valence-corrected chi connectivity index (χ0v) is 17.0. The summed E-state index contributed by atoms with van der Waals surface area (Å²) in [5, 5.41) is 11.7. The summed E-state index contributed by atoms with van der Waals surface area (Å²) in [5.41, 5.74) is 2.33. The fourth-order valence-corrected chi connectivity index (χ4v) is 3.77. The lowest BCUT2D eigenvalue weighted by Crippen LogP contribution is -2.45. The monoisotopic (exact) mass is 419 g/mol. The minimum Gasteiger partial charge on any atom is -0.454 e. The minimum absolute atomic E-state index is 0.155. The van der Waals surface area contributed by atoms with Crippen molar-refractivity contribution >= 4 is 11.8 Å². The van der Waals surface area contributed by atoms with Crippen LogP contribution >= 0.6 is 0 Å². The van der Waals surface area contributed by atoms with Crippen molar-refractivity contribution in [2.45, 2.75) is 19.8 Å². The molecule has 0 unspecified atom stereocenters. The summed E-state index contributed by atoms with van der Waals surface area (Å²) in [6.45, 7) is 2.88. The lowest BCUT2D eigenvalue weighted by molar-refractivity contribution is -0.139. The van der Waals surface area contributed by atoms with E-state index in [9.17, 15) is 9.59 Å². The van der Waals surface area contributed by atoms with Gasteiger partial charge >= 0.3 is 0 Å². The molecule has 2 aliphatic rings. The molecule has 0 radical (unpaired) electrons. The topological polar surface area (TPSA) is 89.8 Å². The van der Waals surface area contributed by atoms with Gasteiger partial charge in [-0.1, -0.05) is 24.3 Å². The van der Waals surface area contributed by atoms with Gasteiger partial charge in [0.1, 0.15) is 0 Å². The SMILES string of the molecule is Cc1nn(-c2ccccc2)nc1C(=O)N1CCCN1C(=O)Cc1ccc2c(c1)OCO2. The van der Waals surface area contributed by atoms with E-state index in [2.05, 4.69) is 10.2 Å². The van der Waals surface area contributed by atoms with Gasteiger partial charge in [0.15, 0.2) is 17.2 Å². The summed E-state index contributed by atoms with van der Waals surface area (Å²) in [5.74, 6) is 0.827. The highest BCUT2D eigenvalue weighted by atomic mass is 16.7. The maximum atomic E-state index is 13.2. The summed E-state index contributed by atoms with van der Waals surface area (Å²) in [7, 11) is 0. The number of rotatable bonds is 4. The molecule has 0 spiro atoms. The Hall–Kier alpha value is -3.88. The zero-order chi connectivity index (χ0) is 21.4. The van der Waals surface area contributed by atoms with Crippen molar-refractivity contribution in [3.63, 3.8) is 0 Å². The number of amides is 2. The quantitative estimate of drug-likeness (QED) is 0.644. The van der Waals surface area contributed by atoms with Gasteiger partial charge in [0.2, 0.25) is 12.7 Å². The van der Waals surface area contributed by atoms with E-state index in [-0.39, 0.29) is 30.7 Å². The van der Waals surface area contributed by atoms with Crippen molar-refractivity contribution in [2.24, 2.45) is 0 Å². The van der Waals surface area contributed by atoms with Crippen LogP contribution in [-0.2, 0) is 11.2 Å². The van der Waals surface area contributed by atoms with Gasteiger partial charge in [-0.2, -0.15) is 9.90 Å². The molecule has 9 nitrogen and oxygen atoms in total. The second-order valence-corrected chi connectivity index (χ2v) is 7.42. The van der Waals surface area contributed by atoms with Gasteiger partial charge in [0, 0.05) is 13.1 Å². The minimum atomic E-state index is -0.323. The maximum Gasteiger partial charge on any atom is 0.294 e. The lowest BCUT2D eigenvalue weighted by atomic mass is 10.1. The Bertz CT molecular complexity index is 1140. The van der Waals surface area contributed by atoms with Crippen LogP contribution in [0.4, 0.5) is 0 Å². The van der Waals surface area contributed by atoms with Gasteiger partial charge in [-0.15, -0.1) is 5.10 Å². The molecule has 3 heterocycles. The molecule has 3 aromatic rings. The van der Waals surface area contributed by atoms with Crippen molar-refractivity contribution in [3.8, 4) is 17.2 Å². The van der Waals surface area contributed by atoms with Crippen LogP contribution in [-0.4, -0.2) is 56.7 Å². The third kappa shape index (κ3) is 3.58. The fourth-order valence-electron chi connectivity index (χ4n) is 3.77. The highest BCUT2D eigenvalue weighted by molar-refractivity contribution is 5.95. The van der Waals surface area contributed by atoms with Gasteiger partial charge in [-0.05, 0) is 43.2 Å². The second kappa shape index (κ2) is 7.75. The molecule has 158 valence electrons. The molecule has 5 rings (SSSR count). The average Bonchev–Trinajstić information content (AvgIpc) is 3.53. The average molecular weight is 419 g/mol. The molecule has 0 atom stereocenters. The lowest BCUT2D eigenvalue weighted by Gasteiger charge is -2.27. The van der Waals surface area contributed by atoms with Gasteiger partial charge in [-0.3, -0.25) is 14.6 Å². The molecule has 0 bridgehead atoms. The van der Waals surface area contributed by atoms with Crippen LogP contribution in [0.2, 0.25) is 0 Å². The molecule has 2 aromatic carbocycles. The van der Waals surface area contributed by atoms with E-state index in [4.69, 9.17) is 9.47 Å². The van der Waals surface area contributed by atoms with Crippen LogP contribution in [0.5, 0.6) is 11.5 Å². The third-order valence-electron chi connectivity index (χ3n) is 5.32. The molecule has 2 aliphatic heterocycles. The van der Waals surface area contributed by atoms with Crippen molar-refractivity contribution in [3.05, 3.63) is 65.5 Å². The predicted octanol–water partition coefficient (Wildman–Crippen LogP) is 2.14. The number of benzene rings is 2. The molecule has 0 saturated carbocycles. The largest absolute Gasteiger partial charge is 0.454 e. The number of hydrogen-bond acceptors (Lipinski definition) is 6. The number of carbonyl (C=O) groups excluding carboxylic acids is 2. The molecular formula is C22H21N5O4. The fraction of sp³-hybridized carbons (Fsp3) is 0.273. The van der Waals surface area contributed by atoms with Crippen molar-refractivity contribution in [1.29, 1.82) is 0 Å². The van der Waals surface area contributed by atoms with Crippen molar-refractivity contribution in [2.75, 3.05) is 19.9 Å². The van der Waals surface area contributed by atoms with Gasteiger partial charge in [-0.25, -0.2) is 5.01 Å². The molecule has 31 heavy (non-hydrogen) atoms. The first-order chi connectivity index (χ1) is 15.1. The Balaban J connectivity index is 1.33. The summed E-state index contributed by atoms with van der Waals surface area (Å²) >= 11 is 0. The van der Waals surface area contributed by atoms with Crippen LogP contribution in [0.3, 0.4) is 0 Å². The van der Waals surface area contributed by atoms with Crippen LogP contribution in [0.15, 0.2) is 48.5 Å². The molecule has 0 N–H and O–H groups in total. The maximum absolute atomic E-state index is 13.2. The highest BCUT2D eigenvalue weighted by Gasteiger charge is 2.33. The number of nitrogens with zero attached hydrogens (tertiary/aromatic N) is 5. The number of ether oxygens (including phenoxy) is 2. The van der Waals surface area contributed by atoms with Gasteiger partial charge in [0.25, 0.3) is 5.91 Å². The van der Waals surface area contributed by atoms with E-state index in [1.54, 1.807) is 19.1 Å². The molecule has 2 amide bonds. The molecule has 1 saturated heterocycles. The number of hydrogen-bond donors (Lipinski definition) is 0. The first-order valence-corrected chi connectivity index (χ1v) is 10.1. The number of fused-ring (bicyclic) bond motifs is 1. The standard InChI is InChI=1S/C22H21N5O4/c1-15-21(24-27(23-15)17-6-3-2-4-7-17)22(29)26-11-5-10-25(26)20(28)13-16-8-9-18-19(12-16)31-14-30-18/h2-4,6-9,12H,5,10-11,13-14H2,1H3. The first-order valence-electron chi connectivity index (χ1n) is 10.1. The number of hydrazine groups is 1. The Morgan fingerprint density at radius 3 is 2.58 bits per heavy atom. The van der Waals surface area contributed by atoms with E-state index in [0.717, 1.165) is 11.3 Å². The van der Waals surface area contributed by atoms with E-state index < -0.39 is 0 Å². The normalized spacial score (nSPS) is 14.9. The number of para-hydroxylation sites is 1. The van der Waals surface area contributed by atoms with Crippen molar-refractivity contribution in [1.82, 2.24) is 25.0 Å². The summed E-state index contributed by atoms with van der Waals surface area (Å²) < 4.78 is 10.7. The first kappa shape index (κ1) is 19.1. The van der Waals surface area contributed by atoms with Crippen LogP contribution in [0.25, 0.3) is 5.69 Å². The third-order valence-corrected chi connectivity index (χ3v) is 5.32. The van der Waals surface area contributed by atoms with E-state index in [1.165, 1.54) is 14.8 Å².